The van der Waals surface area contributed by atoms with Crippen LogP contribution in [-0.2, 0) is 0 Å². The minimum absolute atomic E-state index is 0.0344. The molecular formula is C22H18O7. The average molecular weight is 394 g/mol. The normalized spacial score (nSPS) is 13.7. The second-order valence-corrected chi connectivity index (χ2v) is 6.73. The number of hydrogen-bond donors (Lipinski definition) is 2. The molecule has 5 rings (SSSR count). The second-order valence-electron chi connectivity index (χ2n) is 6.73. The first kappa shape index (κ1) is 17.4. The van der Waals surface area contributed by atoms with Gasteiger partial charge in [-0.15, -0.1) is 0 Å². The van der Waals surface area contributed by atoms with E-state index < -0.39 is 5.92 Å². The molecule has 0 radical (unpaired) electrons. The highest BCUT2D eigenvalue weighted by Crippen LogP contribution is 2.48. The molecule has 0 saturated heterocycles. The van der Waals surface area contributed by atoms with Crippen LogP contribution in [0.4, 0.5) is 0 Å². The van der Waals surface area contributed by atoms with E-state index >= 15 is 0 Å². The lowest BCUT2D eigenvalue weighted by molar-refractivity contribution is 0.173. The molecule has 0 saturated carbocycles. The predicted octanol–water partition coefficient (Wildman–Crippen LogP) is 3.74. The summed E-state index contributed by atoms with van der Waals surface area (Å²) in [5.74, 6) is 2.32. The quantitative estimate of drug-likeness (QED) is 0.652. The summed E-state index contributed by atoms with van der Waals surface area (Å²) in [6.07, 6.45) is 0. The zero-order chi connectivity index (χ0) is 20.0. The van der Waals surface area contributed by atoms with Crippen LogP contribution < -0.4 is 23.7 Å². The molecule has 7 heteroatoms. The third-order valence-electron chi connectivity index (χ3n) is 5.11. The zero-order valence-electron chi connectivity index (χ0n) is 15.5. The molecule has 3 aromatic rings. The lowest BCUT2D eigenvalue weighted by atomic mass is 9.83. The van der Waals surface area contributed by atoms with Gasteiger partial charge in [-0.1, -0.05) is 12.1 Å². The number of hydrogen-bond acceptors (Lipinski definition) is 7. The largest absolute Gasteiger partial charge is 0.507 e. The fraction of sp³-hybridized carbons (Fsp3) is 0.182. The summed E-state index contributed by atoms with van der Waals surface area (Å²) in [4.78, 5) is 0. The predicted molar refractivity (Wildman–Crippen MR) is 102 cm³/mol. The van der Waals surface area contributed by atoms with Crippen LogP contribution in [0.15, 0.2) is 48.5 Å². The van der Waals surface area contributed by atoms with Crippen LogP contribution in [0.25, 0.3) is 0 Å². The number of benzene rings is 3. The Morgan fingerprint density at radius 1 is 0.724 bits per heavy atom. The van der Waals surface area contributed by atoms with Gasteiger partial charge in [-0.25, -0.2) is 0 Å². The summed E-state index contributed by atoms with van der Waals surface area (Å²) in [6, 6.07) is 13.9. The van der Waals surface area contributed by atoms with Gasteiger partial charge in [0.05, 0.1) is 7.11 Å². The van der Waals surface area contributed by atoms with Crippen molar-refractivity contribution in [3.63, 3.8) is 0 Å². The summed E-state index contributed by atoms with van der Waals surface area (Å²) in [5.41, 5.74) is 1.97. The number of phenols is 2. The molecule has 0 aliphatic carbocycles. The van der Waals surface area contributed by atoms with Crippen LogP contribution in [0.5, 0.6) is 40.2 Å². The van der Waals surface area contributed by atoms with E-state index in [4.69, 9.17) is 23.7 Å². The monoisotopic (exact) mass is 394 g/mol. The fourth-order valence-electron chi connectivity index (χ4n) is 3.68. The van der Waals surface area contributed by atoms with Crippen molar-refractivity contribution in [3.05, 3.63) is 65.2 Å². The number of ether oxygens (including phenoxy) is 5. The number of aromatic hydroxyl groups is 2. The molecule has 2 aliphatic heterocycles. The Balaban J connectivity index is 1.70. The standard InChI is InChI=1S/C22H18O7/c1-25-13-4-2-12(3-5-13)22(14-6-18-20(8-16(14)23)28-10-26-18)15-7-19-21(9-17(15)24)29-11-27-19/h2-9,22-24H,10-11H2,1H3. The average Bonchev–Trinajstić information content (AvgIpc) is 3.37. The highest BCUT2D eigenvalue weighted by atomic mass is 16.7. The Morgan fingerprint density at radius 2 is 1.17 bits per heavy atom. The van der Waals surface area contributed by atoms with E-state index in [2.05, 4.69) is 0 Å². The van der Waals surface area contributed by atoms with E-state index in [0.29, 0.717) is 39.9 Å². The van der Waals surface area contributed by atoms with Crippen LogP contribution in [-0.4, -0.2) is 30.9 Å². The molecule has 0 atom stereocenters. The van der Waals surface area contributed by atoms with Gasteiger partial charge >= 0.3 is 0 Å². The lowest BCUT2D eigenvalue weighted by Gasteiger charge is -2.22. The molecule has 0 unspecified atom stereocenters. The Labute approximate surface area is 166 Å². The minimum atomic E-state index is -0.495. The van der Waals surface area contributed by atoms with Gasteiger partial charge in [0.2, 0.25) is 13.6 Å². The van der Waals surface area contributed by atoms with Crippen molar-refractivity contribution in [1.29, 1.82) is 0 Å². The van der Waals surface area contributed by atoms with Gasteiger partial charge in [-0.2, -0.15) is 0 Å². The molecule has 2 heterocycles. The highest BCUT2D eigenvalue weighted by Gasteiger charge is 2.29. The maximum absolute atomic E-state index is 10.8. The van der Waals surface area contributed by atoms with Crippen molar-refractivity contribution in [2.75, 3.05) is 20.7 Å². The lowest BCUT2D eigenvalue weighted by Crippen LogP contribution is -2.05. The van der Waals surface area contributed by atoms with Crippen molar-refractivity contribution < 1.29 is 33.9 Å². The Kier molecular flexibility index (Phi) is 4.01. The van der Waals surface area contributed by atoms with Crippen molar-refractivity contribution in [2.24, 2.45) is 0 Å². The van der Waals surface area contributed by atoms with E-state index in [0.717, 1.165) is 5.56 Å². The van der Waals surface area contributed by atoms with E-state index in [-0.39, 0.29) is 25.1 Å². The zero-order valence-corrected chi connectivity index (χ0v) is 15.5. The van der Waals surface area contributed by atoms with E-state index in [1.54, 1.807) is 19.2 Å². The van der Waals surface area contributed by atoms with E-state index in [1.807, 2.05) is 24.3 Å². The van der Waals surface area contributed by atoms with Crippen LogP contribution >= 0.6 is 0 Å². The number of fused-ring (bicyclic) bond motifs is 2. The number of phenolic OH excluding ortho intramolecular Hbond substituents is 2. The Hall–Kier alpha value is -3.74. The molecule has 0 bridgehead atoms. The molecule has 0 aromatic heterocycles. The number of rotatable bonds is 4. The summed E-state index contributed by atoms with van der Waals surface area (Å²) >= 11 is 0. The SMILES string of the molecule is COc1ccc(C(c2cc3c(cc2O)OCO3)c2cc3c(cc2O)OCO3)cc1. The smallest absolute Gasteiger partial charge is 0.231 e. The van der Waals surface area contributed by atoms with Gasteiger partial charge in [-0.05, 0) is 29.8 Å². The molecule has 0 fully saturated rings. The van der Waals surface area contributed by atoms with Crippen molar-refractivity contribution >= 4 is 0 Å². The van der Waals surface area contributed by atoms with Crippen LogP contribution in [0, 0.1) is 0 Å². The van der Waals surface area contributed by atoms with Gasteiger partial charge in [0, 0.05) is 29.2 Å². The van der Waals surface area contributed by atoms with Gasteiger partial charge in [0.1, 0.15) is 17.2 Å². The molecule has 0 amide bonds. The van der Waals surface area contributed by atoms with Gasteiger partial charge in [0.15, 0.2) is 23.0 Å². The topological polar surface area (TPSA) is 86.6 Å². The maximum Gasteiger partial charge on any atom is 0.231 e. The third kappa shape index (κ3) is 2.91. The Bertz CT molecular complexity index is 1010. The first-order valence-corrected chi connectivity index (χ1v) is 9.03. The Morgan fingerprint density at radius 3 is 1.62 bits per heavy atom. The molecule has 29 heavy (non-hydrogen) atoms. The van der Waals surface area contributed by atoms with E-state index in [9.17, 15) is 10.2 Å². The summed E-state index contributed by atoms with van der Waals surface area (Å²) in [5, 5.41) is 21.5. The summed E-state index contributed by atoms with van der Waals surface area (Å²) < 4.78 is 27.0. The molecular weight excluding hydrogens is 376 g/mol. The molecule has 2 aliphatic rings. The molecule has 148 valence electrons. The maximum atomic E-state index is 10.8. The molecule has 2 N–H and O–H groups in total. The van der Waals surface area contributed by atoms with Crippen LogP contribution in [0.1, 0.15) is 22.6 Å². The second kappa shape index (κ2) is 6.70. The van der Waals surface area contributed by atoms with E-state index in [1.165, 1.54) is 12.1 Å². The number of methoxy groups -OCH3 is 1. The molecule has 3 aromatic carbocycles. The van der Waals surface area contributed by atoms with Crippen molar-refractivity contribution in [2.45, 2.75) is 5.92 Å². The van der Waals surface area contributed by atoms with Crippen molar-refractivity contribution in [3.8, 4) is 40.2 Å². The highest BCUT2D eigenvalue weighted by molar-refractivity contribution is 5.61. The first-order valence-electron chi connectivity index (χ1n) is 9.03. The van der Waals surface area contributed by atoms with Gasteiger partial charge in [0.25, 0.3) is 0 Å². The van der Waals surface area contributed by atoms with Crippen LogP contribution in [0.3, 0.4) is 0 Å². The minimum Gasteiger partial charge on any atom is -0.507 e. The summed E-state index contributed by atoms with van der Waals surface area (Å²) in [7, 11) is 1.60. The molecule has 7 nitrogen and oxygen atoms in total. The fourth-order valence-corrected chi connectivity index (χ4v) is 3.68. The van der Waals surface area contributed by atoms with Gasteiger partial charge in [-0.3, -0.25) is 0 Å². The van der Waals surface area contributed by atoms with Crippen LogP contribution in [0.2, 0.25) is 0 Å². The van der Waals surface area contributed by atoms with Gasteiger partial charge < -0.3 is 33.9 Å². The third-order valence-corrected chi connectivity index (χ3v) is 5.11. The molecule has 0 spiro atoms. The first-order chi connectivity index (χ1) is 14.1. The van der Waals surface area contributed by atoms with Crippen molar-refractivity contribution in [1.82, 2.24) is 0 Å². The summed E-state index contributed by atoms with van der Waals surface area (Å²) in [6.45, 7) is 0.196.